The molecule has 3 atom stereocenters. The number of quaternary nitrogens is 1. The van der Waals surface area contributed by atoms with Gasteiger partial charge in [0.05, 0.1) is 34.4 Å². The summed E-state index contributed by atoms with van der Waals surface area (Å²) in [4.78, 5) is 20.5. The second-order valence-corrected chi connectivity index (χ2v) is 6.40. The number of carbonyl (C=O) groups is 1. The smallest absolute Gasteiger partial charge is 0.397 e. The quantitative estimate of drug-likeness (QED) is 0.334. The summed E-state index contributed by atoms with van der Waals surface area (Å²) < 4.78 is 16.0. The molecule has 0 saturated carbocycles. The lowest BCUT2D eigenvalue weighted by atomic mass is 10.4. The number of carboxylic acids is 1. The van der Waals surface area contributed by atoms with Gasteiger partial charge in [-0.15, -0.1) is 0 Å². The Morgan fingerprint density at radius 1 is 1.41 bits per heavy atom. The minimum Gasteiger partial charge on any atom is -0.476 e. The van der Waals surface area contributed by atoms with Crippen LogP contribution in [0.15, 0.2) is 0 Å². The van der Waals surface area contributed by atoms with Crippen molar-refractivity contribution in [2.45, 2.75) is 11.9 Å². The molecule has 4 N–H and O–H groups in total. The first-order valence-electron chi connectivity index (χ1n) is 4.82. The van der Waals surface area contributed by atoms with E-state index >= 15 is 0 Å². The zero-order valence-corrected chi connectivity index (χ0v) is 10.9. The Hall–Kier alpha value is -0.500. The topological polar surface area (TPSA) is 124 Å². The number of aliphatic hydroxyl groups excluding tert-OH is 2. The fourth-order valence-corrected chi connectivity index (χ4v) is 2.91. The molecule has 102 valence electrons. The fourth-order valence-electron chi connectivity index (χ4n) is 1.22. The van der Waals surface area contributed by atoms with Crippen molar-refractivity contribution in [3.8, 4) is 0 Å². The molecule has 9 heteroatoms. The van der Waals surface area contributed by atoms with E-state index < -0.39 is 38.7 Å². The van der Waals surface area contributed by atoms with Crippen LogP contribution in [0.1, 0.15) is 0 Å². The number of aliphatic carboxylic acids is 1. The van der Waals surface area contributed by atoms with Crippen molar-refractivity contribution in [2.75, 3.05) is 34.4 Å². The third-order valence-corrected chi connectivity index (χ3v) is 3.98. The summed E-state index contributed by atoms with van der Waals surface area (Å²) in [6.45, 7) is -1.24. The van der Waals surface area contributed by atoms with Gasteiger partial charge in [-0.2, -0.15) is 0 Å². The van der Waals surface area contributed by atoms with Crippen molar-refractivity contribution >= 4 is 13.6 Å². The van der Waals surface area contributed by atoms with Gasteiger partial charge in [0.1, 0.15) is 6.10 Å². The molecule has 0 aliphatic rings. The summed E-state index contributed by atoms with van der Waals surface area (Å²) in [5.41, 5.74) is 0. The average Bonchev–Trinajstić information content (AvgIpc) is 2.10. The molecule has 0 aromatic rings. The lowest BCUT2D eigenvalue weighted by molar-refractivity contribution is -0.875. The van der Waals surface area contributed by atoms with Gasteiger partial charge in [-0.05, 0) is 0 Å². The molecule has 0 aromatic carbocycles. The first-order valence-corrected chi connectivity index (χ1v) is 6.47. The predicted molar refractivity (Wildman–Crippen MR) is 58.3 cm³/mol. The normalized spacial score (nSPS) is 19.4. The van der Waals surface area contributed by atoms with E-state index in [-0.39, 0.29) is 4.48 Å². The van der Waals surface area contributed by atoms with Crippen LogP contribution in [0.5, 0.6) is 0 Å². The van der Waals surface area contributed by atoms with Crippen molar-refractivity contribution in [1.29, 1.82) is 0 Å². The van der Waals surface area contributed by atoms with Crippen molar-refractivity contribution in [3.63, 3.8) is 0 Å². The molecule has 0 aliphatic carbocycles. The third-order valence-electron chi connectivity index (χ3n) is 1.93. The minimum atomic E-state index is -4.45. The summed E-state index contributed by atoms with van der Waals surface area (Å²) in [5, 5.41) is 26.4. The van der Waals surface area contributed by atoms with Crippen LogP contribution in [0.2, 0.25) is 0 Å². The SMILES string of the molecule is C[N+](C)(C)C(C(=O)O)P(=O)(O)OCC(O)CO. The highest BCUT2D eigenvalue weighted by molar-refractivity contribution is 7.54. The summed E-state index contributed by atoms with van der Waals surface area (Å²) >= 11 is 0. The highest BCUT2D eigenvalue weighted by Crippen LogP contribution is 2.50. The zero-order chi connectivity index (χ0) is 13.9. The van der Waals surface area contributed by atoms with E-state index in [0.29, 0.717) is 0 Å². The molecule has 0 aromatic heterocycles. The van der Waals surface area contributed by atoms with Crippen LogP contribution in [-0.2, 0) is 13.9 Å². The largest absolute Gasteiger partial charge is 0.476 e. The van der Waals surface area contributed by atoms with Gasteiger partial charge in [-0.25, -0.2) is 4.79 Å². The van der Waals surface area contributed by atoms with Crippen molar-refractivity contribution < 1.29 is 38.6 Å². The summed E-state index contributed by atoms with van der Waals surface area (Å²) in [7, 11) is -0.132. The van der Waals surface area contributed by atoms with Crippen molar-refractivity contribution in [1.82, 2.24) is 0 Å². The number of hydrogen-bond acceptors (Lipinski definition) is 5. The van der Waals surface area contributed by atoms with E-state index in [1.54, 1.807) is 0 Å². The van der Waals surface area contributed by atoms with Crippen molar-refractivity contribution in [3.05, 3.63) is 0 Å². The molecule has 8 nitrogen and oxygen atoms in total. The van der Waals surface area contributed by atoms with Crippen LogP contribution in [-0.4, -0.2) is 76.9 Å². The van der Waals surface area contributed by atoms with Gasteiger partial charge >= 0.3 is 13.6 Å². The summed E-state index contributed by atoms with van der Waals surface area (Å²) in [6, 6.07) is 0. The lowest BCUT2D eigenvalue weighted by Gasteiger charge is -2.32. The van der Waals surface area contributed by atoms with Gasteiger partial charge in [0, 0.05) is 0 Å². The molecule has 0 bridgehead atoms. The van der Waals surface area contributed by atoms with Gasteiger partial charge in [0.2, 0.25) is 0 Å². The molecule has 0 radical (unpaired) electrons. The predicted octanol–water partition coefficient (Wildman–Crippen LogP) is -1.34. The molecule has 0 rings (SSSR count). The molecule has 0 heterocycles. The Kier molecular flexibility index (Phi) is 5.73. The fraction of sp³-hybridized carbons (Fsp3) is 0.875. The molecule has 3 unspecified atom stereocenters. The third kappa shape index (κ3) is 5.12. The first kappa shape index (κ1) is 16.5. The van der Waals surface area contributed by atoms with E-state index in [2.05, 4.69) is 4.52 Å². The monoisotopic (exact) mass is 272 g/mol. The molecule has 0 fully saturated rings. The van der Waals surface area contributed by atoms with Crippen LogP contribution in [0.3, 0.4) is 0 Å². The number of likely N-dealkylation sites (N-methyl/N-ethyl adjacent to an activating group) is 1. The van der Waals surface area contributed by atoms with E-state index in [9.17, 15) is 14.3 Å². The molecular weight excluding hydrogens is 253 g/mol. The Morgan fingerprint density at radius 2 is 1.88 bits per heavy atom. The molecule has 17 heavy (non-hydrogen) atoms. The highest BCUT2D eigenvalue weighted by Gasteiger charge is 2.49. The Morgan fingerprint density at radius 3 is 2.18 bits per heavy atom. The summed E-state index contributed by atoms with van der Waals surface area (Å²) in [5.74, 6) is -3.13. The minimum absolute atomic E-state index is 0.307. The second kappa shape index (κ2) is 5.90. The van der Waals surface area contributed by atoms with Crippen LogP contribution in [0.25, 0.3) is 0 Å². The number of carboxylic acid groups (broad SMARTS) is 1. The van der Waals surface area contributed by atoms with Gasteiger partial charge in [0.25, 0.3) is 5.78 Å². The lowest BCUT2D eigenvalue weighted by Crippen LogP contribution is -2.50. The standard InChI is InChI=1S/C8H18NO7P/c1-9(2,3)7(8(12)13)17(14,15)16-5-6(11)4-10/h6-7,10-11H,4-5H2,1-3H3,(H-,12,13,14,15)/p+1. The van der Waals surface area contributed by atoms with E-state index in [1.807, 2.05) is 0 Å². The Bertz CT molecular complexity index is 313. The summed E-state index contributed by atoms with van der Waals surface area (Å²) in [6.07, 6.45) is -1.32. The van der Waals surface area contributed by atoms with Crippen LogP contribution < -0.4 is 0 Å². The van der Waals surface area contributed by atoms with Gasteiger partial charge in [-0.3, -0.25) is 4.57 Å². The highest BCUT2D eigenvalue weighted by atomic mass is 31.2. The average molecular weight is 272 g/mol. The van der Waals surface area contributed by atoms with Gasteiger partial charge in [0.15, 0.2) is 0 Å². The number of hydrogen-bond donors (Lipinski definition) is 4. The number of aliphatic hydroxyl groups is 2. The van der Waals surface area contributed by atoms with Crippen molar-refractivity contribution in [2.24, 2.45) is 0 Å². The van der Waals surface area contributed by atoms with E-state index in [0.717, 1.165) is 0 Å². The van der Waals surface area contributed by atoms with E-state index in [1.165, 1.54) is 21.1 Å². The van der Waals surface area contributed by atoms with Crippen LogP contribution in [0, 0.1) is 0 Å². The maximum absolute atomic E-state index is 11.8. The number of nitrogens with zero attached hydrogens (tertiary/aromatic N) is 1. The molecule has 0 spiro atoms. The van der Waals surface area contributed by atoms with Crippen LogP contribution in [0.4, 0.5) is 0 Å². The van der Waals surface area contributed by atoms with Gasteiger partial charge < -0.3 is 29.2 Å². The van der Waals surface area contributed by atoms with E-state index in [4.69, 9.17) is 15.3 Å². The Labute approximate surface area is 99.2 Å². The maximum atomic E-state index is 11.8. The second-order valence-electron chi connectivity index (χ2n) is 4.52. The van der Waals surface area contributed by atoms with Gasteiger partial charge in [-0.1, -0.05) is 0 Å². The maximum Gasteiger partial charge on any atom is 0.397 e. The molecule has 0 saturated heterocycles. The Balaban J connectivity index is 4.87. The first-order chi connectivity index (χ1) is 7.52. The molecular formula is C8H19NO7P+. The molecule has 0 aliphatic heterocycles. The van der Waals surface area contributed by atoms with Crippen LogP contribution >= 0.6 is 7.60 Å². The number of rotatable bonds is 7. The molecule has 0 amide bonds. The zero-order valence-electron chi connectivity index (χ0n) is 9.98.